The lowest BCUT2D eigenvalue weighted by atomic mass is 9.96. The van der Waals surface area contributed by atoms with E-state index in [1.54, 1.807) is 7.05 Å². The number of benzene rings is 1. The lowest BCUT2D eigenvalue weighted by molar-refractivity contribution is -0.128. The summed E-state index contributed by atoms with van der Waals surface area (Å²) < 4.78 is 0. The van der Waals surface area contributed by atoms with Gasteiger partial charge in [-0.1, -0.05) is 50.1 Å². The number of carbonyl (C=O) groups excluding carboxylic acids is 1. The average Bonchev–Trinajstić information content (AvgIpc) is 2.47. The molecule has 1 amide bonds. The minimum absolute atomic E-state index is 0.0575. The van der Waals surface area contributed by atoms with E-state index in [2.05, 4.69) is 53.0 Å². The molecule has 0 aliphatic heterocycles. The molecular formula is C19H32N4O. The molecule has 0 fully saturated rings. The molecule has 0 heterocycles. The number of hydrogen-bond donors (Lipinski definition) is 3. The van der Waals surface area contributed by atoms with E-state index in [1.165, 1.54) is 16.7 Å². The summed E-state index contributed by atoms with van der Waals surface area (Å²) in [6.45, 7) is 12.0. The van der Waals surface area contributed by atoms with E-state index in [4.69, 9.17) is 0 Å². The van der Waals surface area contributed by atoms with Gasteiger partial charge in [-0.2, -0.15) is 0 Å². The van der Waals surface area contributed by atoms with E-state index < -0.39 is 0 Å². The molecule has 5 heteroatoms. The van der Waals surface area contributed by atoms with Crippen molar-refractivity contribution in [1.29, 1.82) is 0 Å². The summed E-state index contributed by atoms with van der Waals surface area (Å²) in [6, 6.07) is 6.61. The van der Waals surface area contributed by atoms with Gasteiger partial charge in [0.05, 0.1) is 0 Å². The van der Waals surface area contributed by atoms with Gasteiger partial charge in [0.1, 0.15) is 0 Å². The van der Waals surface area contributed by atoms with Gasteiger partial charge in [0, 0.05) is 32.1 Å². The number of hydrogen-bond acceptors (Lipinski definition) is 2. The summed E-state index contributed by atoms with van der Waals surface area (Å²) in [4.78, 5) is 16.0. The third-order valence-corrected chi connectivity index (χ3v) is 3.60. The van der Waals surface area contributed by atoms with E-state index >= 15 is 0 Å². The Balaban J connectivity index is 2.29. The monoisotopic (exact) mass is 332 g/mol. The highest BCUT2D eigenvalue weighted by Crippen LogP contribution is 2.11. The first-order valence-electron chi connectivity index (χ1n) is 8.52. The molecule has 1 rings (SSSR count). The number of rotatable bonds is 6. The number of carbonyl (C=O) groups is 1. The molecule has 0 saturated heterocycles. The molecule has 0 aliphatic rings. The van der Waals surface area contributed by atoms with Crippen LogP contribution < -0.4 is 16.0 Å². The highest BCUT2D eigenvalue weighted by Gasteiger charge is 2.20. The smallest absolute Gasteiger partial charge is 0.225 e. The molecular weight excluding hydrogens is 300 g/mol. The minimum Gasteiger partial charge on any atom is -0.356 e. The maximum absolute atomic E-state index is 11.8. The van der Waals surface area contributed by atoms with E-state index in [1.807, 2.05) is 20.8 Å². The molecule has 0 aliphatic carbocycles. The Hall–Kier alpha value is -2.04. The Morgan fingerprint density at radius 3 is 2.04 bits per heavy atom. The van der Waals surface area contributed by atoms with Gasteiger partial charge in [-0.15, -0.1) is 0 Å². The topological polar surface area (TPSA) is 65.5 Å². The first-order valence-corrected chi connectivity index (χ1v) is 8.52. The van der Waals surface area contributed by atoms with Crippen molar-refractivity contribution in [2.24, 2.45) is 10.4 Å². The van der Waals surface area contributed by atoms with Crippen LogP contribution in [0.4, 0.5) is 0 Å². The van der Waals surface area contributed by atoms with Crippen molar-refractivity contribution >= 4 is 11.9 Å². The first-order chi connectivity index (χ1) is 11.2. The van der Waals surface area contributed by atoms with Crippen molar-refractivity contribution in [2.45, 2.75) is 41.0 Å². The van der Waals surface area contributed by atoms with Gasteiger partial charge in [0.25, 0.3) is 0 Å². The summed E-state index contributed by atoms with van der Waals surface area (Å²) in [5, 5.41) is 9.42. The Morgan fingerprint density at radius 2 is 1.50 bits per heavy atom. The zero-order chi connectivity index (χ0) is 18.2. The molecule has 1 aromatic rings. The SMILES string of the molecule is CN=C(NCCNC(=O)C(C)(C)C)NCCc1cc(C)cc(C)c1. The molecule has 3 N–H and O–H groups in total. The molecule has 0 unspecified atom stereocenters. The predicted molar refractivity (Wildman–Crippen MR) is 101 cm³/mol. The van der Waals surface area contributed by atoms with Gasteiger partial charge in [0.2, 0.25) is 5.91 Å². The Labute approximate surface area is 146 Å². The third-order valence-electron chi connectivity index (χ3n) is 3.60. The average molecular weight is 332 g/mol. The van der Waals surface area contributed by atoms with Crippen LogP contribution in [0.15, 0.2) is 23.2 Å². The zero-order valence-corrected chi connectivity index (χ0v) is 15.9. The fraction of sp³-hybridized carbons (Fsp3) is 0.579. The van der Waals surface area contributed by atoms with Crippen LogP contribution in [0.1, 0.15) is 37.5 Å². The van der Waals surface area contributed by atoms with E-state index in [0.29, 0.717) is 13.1 Å². The largest absolute Gasteiger partial charge is 0.356 e. The van der Waals surface area contributed by atoms with Crippen molar-refractivity contribution in [1.82, 2.24) is 16.0 Å². The number of amides is 1. The van der Waals surface area contributed by atoms with Gasteiger partial charge in [-0.3, -0.25) is 9.79 Å². The molecule has 0 bridgehead atoms. The summed E-state index contributed by atoms with van der Waals surface area (Å²) in [5.41, 5.74) is 3.56. The lowest BCUT2D eigenvalue weighted by Gasteiger charge is -2.18. The van der Waals surface area contributed by atoms with Crippen molar-refractivity contribution in [3.63, 3.8) is 0 Å². The third kappa shape index (κ3) is 7.49. The molecule has 134 valence electrons. The van der Waals surface area contributed by atoms with Crippen LogP contribution in [0.2, 0.25) is 0 Å². The number of guanidine groups is 1. The van der Waals surface area contributed by atoms with Crippen LogP contribution >= 0.6 is 0 Å². The highest BCUT2D eigenvalue weighted by atomic mass is 16.2. The maximum Gasteiger partial charge on any atom is 0.225 e. The van der Waals surface area contributed by atoms with Gasteiger partial charge in [-0.05, 0) is 25.8 Å². The molecule has 0 radical (unpaired) electrons. The second-order valence-electron chi connectivity index (χ2n) is 7.18. The Morgan fingerprint density at radius 1 is 0.958 bits per heavy atom. The summed E-state index contributed by atoms with van der Waals surface area (Å²) in [7, 11) is 1.75. The summed E-state index contributed by atoms with van der Waals surface area (Å²) in [6.07, 6.45) is 0.948. The molecule has 0 atom stereocenters. The van der Waals surface area contributed by atoms with Gasteiger partial charge in [0.15, 0.2) is 5.96 Å². The second-order valence-corrected chi connectivity index (χ2v) is 7.18. The number of aliphatic imine (C=N–C) groups is 1. The van der Waals surface area contributed by atoms with Crippen molar-refractivity contribution < 1.29 is 4.79 Å². The van der Waals surface area contributed by atoms with Crippen LogP contribution in [-0.4, -0.2) is 38.5 Å². The lowest BCUT2D eigenvalue weighted by Crippen LogP contribution is -2.43. The van der Waals surface area contributed by atoms with E-state index in [9.17, 15) is 4.79 Å². The molecule has 24 heavy (non-hydrogen) atoms. The van der Waals surface area contributed by atoms with Crippen LogP contribution in [0, 0.1) is 19.3 Å². The number of aryl methyl sites for hydroxylation is 2. The molecule has 5 nitrogen and oxygen atoms in total. The van der Waals surface area contributed by atoms with Gasteiger partial charge in [-0.25, -0.2) is 0 Å². The summed E-state index contributed by atoms with van der Waals surface area (Å²) in [5.74, 6) is 0.812. The Kier molecular flexibility index (Phi) is 7.75. The van der Waals surface area contributed by atoms with Crippen LogP contribution in [0.5, 0.6) is 0 Å². The standard InChI is InChI=1S/C19H32N4O/c1-14-11-15(2)13-16(12-14)7-8-22-18(20-6)23-10-9-21-17(24)19(3,4)5/h11-13H,7-10H2,1-6H3,(H,21,24)(H2,20,22,23). The Bertz CT molecular complexity index is 553. The highest BCUT2D eigenvalue weighted by molar-refractivity contribution is 5.81. The van der Waals surface area contributed by atoms with E-state index in [0.717, 1.165) is 18.9 Å². The molecule has 0 saturated carbocycles. The second kappa shape index (κ2) is 9.30. The van der Waals surface area contributed by atoms with Gasteiger partial charge >= 0.3 is 0 Å². The fourth-order valence-electron chi connectivity index (χ4n) is 2.38. The molecule has 0 spiro atoms. The molecule has 1 aromatic carbocycles. The number of nitrogens with zero attached hydrogens (tertiary/aromatic N) is 1. The van der Waals surface area contributed by atoms with Gasteiger partial charge < -0.3 is 16.0 Å². The van der Waals surface area contributed by atoms with Crippen molar-refractivity contribution in [3.05, 3.63) is 34.9 Å². The summed E-state index contributed by atoms with van der Waals surface area (Å²) >= 11 is 0. The zero-order valence-electron chi connectivity index (χ0n) is 15.9. The van der Waals surface area contributed by atoms with Crippen LogP contribution in [0.25, 0.3) is 0 Å². The van der Waals surface area contributed by atoms with E-state index in [-0.39, 0.29) is 11.3 Å². The predicted octanol–water partition coefficient (Wildman–Crippen LogP) is 2.17. The number of nitrogens with one attached hydrogen (secondary N) is 3. The van der Waals surface area contributed by atoms with Crippen molar-refractivity contribution in [3.8, 4) is 0 Å². The van der Waals surface area contributed by atoms with Crippen molar-refractivity contribution in [2.75, 3.05) is 26.7 Å². The molecule has 0 aromatic heterocycles. The normalized spacial score (nSPS) is 12.0. The fourth-order valence-corrected chi connectivity index (χ4v) is 2.38. The first kappa shape index (κ1) is 20.0. The quantitative estimate of drug-likeness (QED) is 0.425. The van der Waals surface area contributed by atoms with Crippen LogP contribution in [-0.2, 0) is 11.2 Å². The maximum atomic E-state index is 11.8. The minimum atomic E-state index is -0.355. The van der Waals surface area contributed by atoms with Crippen LogP contribution in [0.3, 0.4) is 0 Å².